The number of benzene rings is 3. The van der Waals surface area contributed by atoms with Crippen LogP contribution in [0.3, 0.4) is 0 Å². The van der Waals surface area contributed by atoms with E-state index < -0.39 is 0 Å². The Bertz CT molecular complexity index is 1320. The van der Waals surface area contributed by atoms with Crippen LogP contribution in [-0.4, -0.2) is 57.7 Å². The molecule has 0 saturated heterocycles. The van der Waals surface area contributed by atoms with Crippen molar-refractivity contribution >= 4 is 5.69 Å². The van der Waals surface area contributed by atoms with Crippen LogP contribution in [0.2, 0.25) is 0 Å². The molecular weight excluding hydrogens is 444 g/mol. The first kappa shape index (κ1) is 23.8. The predicted molar refractivity (Wildman–Crippen MR) is 137 cm³/mol. The molecule has 1 aromatic heterocycles. The molecule has 35 heavy (non-hydrogen) atoms. The second-order valence-corrected chi connectivity index (χ2v) is 7.91. The highest BCUT2D eigenvalue weighted by molar-refractivity contribution is 5.85. The molecule has 8 heteroatoms. The minimum Gasteiger partial charge on any atom is -0.497 e. The van der Waals surface area contributed by atoms with Gasteiger partial charge < -0.3 is 23.8 Å². The van der Waals surface area contributed by atoms with Crippen molar-refractivity contribution in [1.29, 1.82) is 0 Å². The Kier molecular flexibility index (Phi) is 7.01. The Hall–Kier alpha value is -4.33. The Labute approximate surface area is 205 Å². The molecule has 0 radical (unpaired) electrons. The zero-order chi connectivity index (χ0) is 24.9. The van der Waals surface area contributed by atoms with Gasteiger partial charge in [0, 0.05) is 48.6 Å². The summed E-state index contributed by atoms with van der Waals surface area (Å²) >= 11 is 0. The number of hydrogen-bond acceptors (Lipinski definition) is 8. The lowest BCUT2D eigenvalue weighted by molar-refractivity contribution is 0.394. The minimum atomic E-state index is 0.499. The average molecular weight is 473 g/mol. The van der Waals surface area contributed by atoms with E-state index in [-0.39, 0.29) is 0 Å². The standard InChI is InChI=1S/C27H28N4O4/c1-31(2)18-9-7-17(8-10-18)27-28-25(21-13-11-19(32-3)15-23(21)34-5)26(29-30-27)22-14-12-20(33-4)16-24(22)35-6/h7-16H,1-6H3. The summed E-state index contributed by atoms with van der Waals surface area (Å²) in [5.74, 6) is 3.05. The van der Waals surface area contributed by atoms with Crippen LogP contribution >= 0.6 is 0 Å². The lowest BCUT2D eigenvalue weighted by atomic mass is 10.0. The van der Waals surface area contributed by atoms with Crippen molar-refractivity contribution in [2.45, 2.75) is 0 Å². The second-order valence-electron chi connectivity index (χ2n) is 7.91. The highest BCUT2D eigenvalue weighted by Gasteiger charge is 2.21. The molecule has 1 heterocycles. The zero-order valence-corrected chi connectivity index (χ0v) is 20.7. The Morgan fingerprint density at radius 3 is 1.63 bits per heavy atom. The van der Waals surface area contributed by atoms with Gasteiger partial charge in [0.1, 0.15) is 34.4 Å². The van der Waals surface area contributed by atoms with Crippen LogP contribution < -0.4 is 23.8 Å². The molecule has 4 aromatic rings. The highest BCUT2D eigenvalue weighted by atomic mass is 16.5. The third-order valence-corrected chi connectivity index (χ3v) is 5.66. The fourth-order valence-electron chi connectivity index (χ4n) is 3.71. The van der Waals surface area contributed by atoms with Crippen LogP contribution in [0, 0.1) is 0 Å². The van der Waals surface area contributed by atoms with Crippen molar-refractivity contribution in [2.75, 3.05) is 47.4 Å². The van der Waals surface area contributed by atoms with E-state index in [1.54, 1.807) is 34.5 Å². The van der Waals surface area contributed by atoms with E-state index in [1.807, 2.05) is 73.6 Å². The van der Waals surface area contributed by atoms with Gasteiger partial charge in [-0.15, -0.1) is 10.2 Å². The van der Waals surface area contributed by atoms with E-state index >= 15 is 0 Å². The molecule has 4 rings (SSSR count). The SMILES string of the molecule is COc1ccc(-c2nnc(-c3ccc(N(C)C)cc3)nc2-c2ccc(OC)cc2OC)c(OC)c1. The van der Waals surface area contributed by atoms with Crippen LogP contribution in [0.4, 0.5) is 5.69 Å². The molecule has 0 fully saturated rings. The van der Waals surface area contributed by atoms with Crippen LogP contribution in [0.1, 0.15) is 0 Å². The van der Waals surface area contributed by atoms with Crippen LogP contribution in [0.5, 0.6) is 23.0 Å². The van der Waals surface area contributed by atoms with Gasteiger partial charge in [-0.25, -0.2) is 4.98 Å². The van der Waals surface area contributed by atoms with Gasteiger partial charge in [0.25, 0.3) is 0 Å². The largest absolute Gasteiger partial charge is 0.497 e. The van der Waals surface area contributed by atoms with E-state index in [4.69, 9.17) is 23.9 Å². The molecule has 8 nitrogen and oxygen atoms in total. The van der Waals surface area contributed by atoms with Gasteiger partial charge in [-0.1, -0.05) is 0 Å². The van der Waals surface area contributed by atoms with Crippen LogP contribution in [-0.2, 0) is 0 Å². The summed E-state index contributed by atoms with van der Waals surface area (Å²) < 4.78 is 22.1. The summed E-state index contributed by atoms with van der Waals surface area (Å²) in [6, 6.07) is 19.1. The number of aromatic nitrogens is 3. The third kappa shape index (κ3) is 4.82. The van der Waals surface area contributed by atoms with Crippen molar-refractivity contribution in [3.63, 3.8) is 0 Å². The molecule has 0 N–H and O–H groups in total. The molecule has 0 amide bonds. The maximum Gasteiger partial charge on any atom is 0.182 e. The van der Waals surface area contributed by atoms with Crippen LogP contribution in [0.25, 0.3) is 33.9 Å². The highest BCUT2D eigenvalue weighted by Crippen LogP contribution is 2.41. The molecule has 0 aliphatic heterocycles. The number of rotatable bonds is 8. The molecular formula is C27H28N4O4. The predicted octanol–water partition coefficient (Wildman–Crippen LogP) is 4.97. The summed E-state index contributed by atoms with van der Waals surface area (Å²) in [4.78, 5) is 6.99. The Balaban J connectivity index is 1.94. The van der Waals surface area contributed by atoms with Gasteiger partial charge in [-0.3, -0.25) is 0 Å². The molecule has 0 unspecified atom stereocenters. The molecule has 0 bridgehead atoms. The smallest absolute Gasteiger partial charge is 0.182 e. The van der Waals surface area contributed by atoms with E-state index in [0.717, 1.165) is 22.4 Å². The number of anilines is 1. The van der Waals surface area contributed by atoms with Gasteiger partial charge in [0.15, 0.2) is 5.82 Å². The van der Waals surface area contributed by atoms with Gasteiger partial charge in [0.05, 0.1) is 28.4 Å². The Morgan fingerprint density at radius 1 is 0.600 bits per heavy atom. The first-order valence-electron chi connectivity index (χ1n) is 11.0. The number of ether oxygens (including phenoxy) is 4. The normalized spacial score (nSPS) is 10.6. The molecule has 180 valence electrons. The fraction of sp³-hybridized carbons (Fsp3) is 0.222. The maximum atomic E-state index is 5.69. The summed E-state index contributed by atoms with van der Waals surface area (Å²) in [5.41, 5.74) is 4.58. The van der Waals surface area contributed by atoms with E-state index in [0.29, 0.717) is 40.2 Å². The van der Waals surface area contributed by atoms with E-state index in [9.17, 15) is 0 Å². The molecule has 0 aliphatic carbocycles. The van der Waals surface area contributed by atoms with Crippen molar-refractivity contribution in [1.82, 2.24) is 15.2 Å². The van der Waals surface area contributed by atoms with E-state index in [1.165, 1.54) is 0 Å². The summed E-state index contributed by atoms with van der Waals surface area (Å²) in [7, 11) is 10.4. The van der Waals surface area contributed by atoms with Gasteiger partial charge in [-0.2, -0.15) is 0 Å². The molecule has 3 aromatic carbocycles. The summed E-state index contributed by atoms with van der Waals surface area (Å²) in [5, 5.41) is 9.08. The fourth-order valence-corrected chi connectivity index (χ4v) is 3.71. The maximum absolute atomic E-state index is 5.69. The molecule has 0 aliphatic rings. The topological polar surface area (TPSA) is 78.8 Å². The average Bonchev–Trinajstić information content (AvgIpc) is 2.92. The van der Waals surface area contributed by atoms with Crippen LogP contribution in [0.15, 0.2) is 60.7 Å². The van der Waals surface area contributed by atoms with Gasteiger partial charge in [0.2, 0.25) is 0 Å². The van der Waals surface area contributed by atoms with Crippen molar-refractivity contribution in [3.05, 3.63) is 60.7 Å². The zero-order valence-electron chi connectivity index (χ0n) is 20.7. The number of methoxy groups -OCH3 is 4. The lowest BCUT2D eigenvalue weighted by Crippen LogP contribution is -2.08. The molecule has 0 spiro atoms. The first-order chi connectivity index (χ1) is 17.0. The Morgan fingerprint density at radius 2 is 1.14 bits per heavy atom. The third-order valence-electron chi connectivity index (χ3n) is 5.66. The molecule has 0 saturated carbocycles. The lowest BCUT2D eigenvalue weighted by Gasteiger charge is -2.16. The van der Waals surface area contributed by atoms with E-state index in [2.05, 4.69) is 10.2 Å². The first-order valence-corrected chi connectivity index (χ1v) is 11.0. The minimum absolute atomic E-state index is 0.499. The monoisotopic (exact) mass is 472 g/mol. The molecule has 0 atom stereocenters. The summed E-state index contributed by atoms with van der Waals surface area (Å²) in [6.07, 6.45) is 0. The van der Waals surface area contributed by atoms with Gasteiger partial charge >= 0.3 is 0 Å². The van der Waals surface area contributed by atoms with Gasteiger partial charge in [-0.05, 0) is 48.5 Å². The van der Waals surface area contributed by atoms with Crippen molar-refractivity contribution in [3.8, 4) is 56.9 Å². The quantitative estimate of drug-likeness (QED) is 0.356. The second kappa shape index (κ2) is 10.3. The van der Waals surface area contributed by atoms with Crippen molar-refractivity contribution in [2.24, 2.45) is 0 Å². The van der Waals surface area contributed by atoms with Crippen molar-refractivity contribution < 1.29 is 18.9 Å². The number of hydrogen-bond donors (Lipinski definition) is 0. The summed E-state index contributed by atoms with van der Waals surface area (Å²) in [6.45, 7) is 0. The number of nitrogens with zero attached hydrogens (tertiary/aromatic N) is 4.